The van der Waals surface area contributed by atoms with E-state index in [-0.39, 0.29) is 6.10 Å². The number of nitrogens with one attached hydrogen (secondary N) is 2. The largest absolute Gasteiger partial charge is 0.374 e. The van der Waals surface area contributed by atoms with Crippen LogP contribution in [0.15, 0.2) is 11.2 Å². The molecule has 2 rings (SSSR count). The Balaban J connectivity index is 1.81. The van der Waals surface area contributed by atoms with Crippen LogP contribution < -0.4 is 10.6 Å². The van der Waals surface area contributed by atoms with Crippen molar-refractivity contribution in [3.63, 3.8) is 0 Å². The summed E-state index contributed by atoms with van der Waals surface area (Å²) in [6, 6.07) is 0. The van der Waals surface area contributed by atoms with Crippen molar-refractivity contribution in [3.05, 3.63) is 16.1 Å². The molecule has 0 aromatic carbocycles. The Kier molecular flexibility index (Phi) is 7.94. The molecule has 1 aromatic rings. The molecule has 6 nitrogen and oxygen atoms in total. The zero-order valence-electron chi connectivity index (χ0n) is 15.3. The van der Waals surface area contributed by atoms with Crippen LogP contribution in [0.5, 0.6) is 0 Å². The van der Waals surface area contributed by atoms with Crippen LogP contribution in [-0.2, 0) is 11.3 Å². The van der Waals surface area contributed by atoms with Gasteiger partial charge in [0.25, 0.3) is 0 Å². The summed E-state index contributed by atoms with van der Waals surface area (Å²) in [7, 11) is 0. The zero-order chi connectivity index (χ0) is 17.4. The van der Waals surface area contributed by atoms with Crippen LogP contribution in [0.4, 0.5) is 0 Å². The number of nitrogens with zero attached hydrogens (tertiary/aromatic N) is 3. The fourth-order valence-electron chi connectivity index (χ4n) is 2.76. The molecule has 1 atom stereocenters. The Bertz CT molecular complexity index is 517. The van der Waals surface area contributed by atoms with E-state index in [2.05, 4.69) is 53.2 Å². The molecule has 2 heterocycles. The van der Waals surface area contributed by atoms with Gasteiger partial charge in [0.1, 0.15) is 5.01 Å². The molecule has 1 unspecified atom stereocenters. The van der Waals surface area contributed by atoms with E-state index in [0.29, 0.717) is 12.5 Å². The maximum atomic E-state index is 5.89. The van der Waals surface area contributed by atoms with Crippen molar-refractivity contribution in [2.75, 3.05) is 39.3 Å². The average molecular weight is 354 g/mol. The molecule has 24 heavy (non-hydrogen) atoms. The Hall–Kier alpha value is -1.18. The molecule has 1 fully saturated rings. The minimum Gasteiger partial charge on any atom is -0.374 e. The minimum atomic E-state index is 0.212. The van der Waals surface area contributed by atoms with Gasteiger partial charge in [0.2, 0.25) is 0 Å². The third-order valence-corrected chi connectivity index (χ3v) is 4.63. The standard InChI is InChI=1S/C17H31N5OS/c1-5-18-17(21-10-16-19-8-14(4)24-16)20-9-15-12-22(6-7-23-15)11-13(2)3/h8,13,15H,5-7,9-12H2,1-4H3,(H2,18,20,21). The van der Waals surface area contributed by atoms with E-state index in [1.807, 2.05) is 6.20 Å². The summed E-state index contributed by atoms with van der Waals surface area (Å²) < 4.78 is 5.89. The number of aromatic nitrogens is 1. The van der Waals surface area contributed by atoms with Crippen LogP contribution in [-0.4, -0.2) is 61.3 Å². The van der Waals surface area contributed by atoms with E-state index < -0.39 is 0 Å². The first-order valence-electron chi connectivity index (χ1n) is 8.84. The van der Waals surface area contributed by atoms with E-state index in [4.69, 9.17) is 4.74 Å². The maximum absolute atomic E-state index is 5.89. The Morgan fingerprint density at radius 1 is 1.50 bits per heavy atom. The third-order valence-electron chi connectivity index (χ3n) is 3.73. The topological polar surface area (TPSA) is 61.8 Å². The Morgan fingerprint density at radius 3 is 3.00 bits per heavy atom. The average Bonchev–Trinajstić information content (AvgIpc) is 2.95. The summed E-state index contributed by atoms with van der Waals surface area (Å²) in [5.41, 5.74) is 0. The molecule has 0 bridgehead atoms. The number of hydrogen-bond donors (Lipinski definition) is 2. The highest BCUT2D eigenvalue weighted by atomic mass is 32.1. The molecule has 0 saturated carbocycles. The monoisotopic (exact) mass is 353 g/mol. The Morgan fingerprint density at radius 2 is 2.33 bits per heavy atom. The Labute approximate surface area is 149 Å². The van der Waals surface area contributed by atoms with Crippen molar-refractivity contribution in [1.82, 2.24) is 20.5 Å². The third kappa shape index (κ3) is 6.75. The quantitative estimate of drug-likeness (QED) is 0.579. The molecule has 2 N–H and O–H groups in total. The van der Waals surface area contributed by atoms with Gasteiger partial charge in [-0.15, -0.1) is 11.3 Å². The van der Waals surface area contributed by atoms with E-state index in [0.717, 1.165) is 50.3 Å². The van der Waals surface area contributed by atoms with E-state index >= 15 is 0 Å². The van der Waals surface area contributed by atoms with Gasteiger partial charge in [-0.1, -0.05) is 13.8 Å². The fourth-order valence-corrected chi connectivity index (χ4v) is 3.47. The lowest BCUT2D eigenvalue weighted by Gasteiger charge is -2.34. The molecular weight excluding hydrogens is 322 g/mol. The molecule has 1 aromatic heterocycles. The second kappa shape index (κ2) is 9.96. The van der Waals surface area contributed by atoms with Crippen molar-refractivity contribution < 1.29 is 4.74 Å². The highest BCUT2D eigenvalue weighted by Gasteiger charge is 2.21. The molecule has 136 valence electrons. The van der Waals surface area contributed by atoms with Crippen molar-refractivity contribution >= 4 is 17.3 Å². The number of guanidine groups is 1. The number of aliphatic imine (C=N–C) groups is 1. The number of rotatable bonds is 7. The lowest BCUT2D eigenvalue weighted by atomic mass is 10.2. The number of aryl methyl sites for hydroxylation is 1. The normalized spacial score (nSPS) is 19.7. The molecule has 7 heteroatoms. The molecule has 0 radical (unpaired) electrons. The maximum Gasteiger partial charge on any atom is 0.191 e. The second-order valence-corrected chi connectivity index (χ2v) is 7.91. The molecule has 0 aliphatic carbocycles. The SMILES string of the molecule is CCNC(=NCc1ncc(C)s1)NCC1CN(CC(C)C)CCO1. The molecular formula is C17H31N5OS. The molecule has 1 aliphatic rings. The smallest absolute Gasteiger partial charge is 0.191 e. The molecule has 0 amide bonds. The van der Waals surface area contributed by atoms with Crippen LogP contribution in [0.1, 0.15) is 30.7 Å². The summed E-state index contributed by atoms with van der Waals surface area (Å²) in [5.74, 6) is 1.52. The predicted molar refractivity (Wildman–Crippen MR) is 101 cm³/mol. The van der Waals surface area contributed by atoms with Crippen LogP contribution in [0.2, 0.25) is 0 Å². The van der Waals surface area contributed by atoms with E-state index in [1.165, 1.54) is 4.88 Å². The van der Waals surface area contributed by atoms with Crippen molar-refractivity contribution in [2.24, 2.45) is 10.9 Å². The number of thiazole rings is 1. The van der Waals surface area contributed by atoms with Gasteiger partial charge in [0, 0.05) is 43.8 Å². The minimum absolute atomic E-state index is 0.212. The first-order chi connectivity index (χ1) is 11.6. The van der Waals surface area contributed by atoms with E-state index in [1.54, 1.807) is 11.3 Å². The van der Waals surface area contributed by atoms with Crippen LogP contribution in [0.3, 0.4) is 0 Å². The van der Waals surface area contributed by atoms with Crippen molar-refractivity contribution in [3.8, 4) is 0 Å². The van der Waals surface area contributed by atoms with Gasteiger partial charge in [0.15, 0.2) is 5.96 Å². The van der Waals surface area contributed by atoms with Gasteiger partial charge < -0.3 is 15.4 Å². The van der Waals surface area contributed by atoms with Gasteiger partial charge >= 0.3 is 0 Å². The first-order valence-corrected chi connectivity index (χ1v) is 9.66. The lowest BCUT2D eigenvalue weighted by Crippen LogP contribution is -2.50. The first kappa shape index (κ1) is 19.1. The molecule has 1 saturated heterocycles. The predicted octanol–water partition coefficient (Wildman–Crippen LogP) is 1.86. The van der Waals surface area contributed by atoms with Gasteiger partial charge in [-0.2, -0.15) is 0 Å². The second-order valence-electron chi connectivity index (χ2n) is 6.59. The van der Waals surface area contributed by atoms with Crippen molar-refractivity contribution in [2.45, 2.75) is 40.3 Å². The summed E-state index contributed by atoms with van der Waals surface area (Å²) >= 11 is 1.69. The van der Waals surface area contributed by atoms with Gasteiger partial charge in [-0.3, -0.25) is 4.90 Å². The summed E-state index contributed by atoms with van der Waals surface area (Å²) in [6.07, 6.45) is 2.11. The summed E-state index contributed by atoms with van der Waals surface area (Å²) in [4.78, 5) is 12.7. The molecule has 0 spiro atoms. The summed E-state index contributed by atoms with van der Waals surface area (Å²) in [5, 5.41) is 7.74. The lowest BCUT2D eigenvalue weighted by molar-refractivity contribution is -0.0284. The number of morpholine rings is 1. The van der Waals surface area contributed by atoms with Crippen LogP contribution in [0, 0.1) is 12.8 Å². The van der Waals surface area contributed by atoms with E-state index in [9.17, 15) is 0 Å². The van der Waals surface area contributed by atoms with Gasteiger partial charge in [-0.25, -0.2) is 9.98 Å². The molecule has 1 aliphatic heterocycles. The van der Waals surface area contributed by atoms with Crippen LogP contribution in [0.25, 0.3) is 0 Å². The summed E-state index contributed by atoms with van der Waals surface area (Å²) in [6.45, 7) is 14.9. The van der Waals surface area contributed by atoms with Crippen LogP contribution >= 0.6 is 11.3 Å². The van der Waals surface area contributed by atoms with Gasteiger partial charge in [-0.05, 0) is 19.8 Å². The van der Waals surface area contributed by atoms with Gasteiger partial charge in [0.05, 0.1) is 19.3 Å². The highest BCUT2D eigenvalue weighted by Crippen LogP contribution is 2.12. The van der Waals surface area contributed by atoms with Crippen molar-refractivity contribution in [1.29, 1.82) is 0 Å². The number of hydrogen-bond acceptors (Lipinski definition) is 5. The zero-order valence-corrected chi connectivity index (χ0v) is 16.2. The number of ether oxygens (including phenoxy) is 1. The fraction of sp³-hybridized carbons (Fsp3) is 0.765. The highest BCUT2D eigenvalue weighted by molar-refractivity contribution is 7.11.